The number of hydrogen-bond acceptors (Lipinski definition) is 5. The Bertz CT molecular complexity index is 920. The minimum atomic E-state index is -3.22. The van der Waals surface area contributed by atoms with Crippen LogP contribution in [0.4, 0.5) is 0 Å². The van der Waals surface area contributed by atoms with E-state index in [0.717, 1.165) is 6.42 Å². The minimum Gasteiger partial charge on any atom is -0.408 e. The predicted molar refractivity (Wildman–Crippen MR) is 94.2 cm³/mol. The zero-order valence-electron chi connectivity index (χ0n) is 14.2. The van der Waals surface area contributed by atoms with Crippen LogP contribution in [0.1, 0.15) is 43.0 Å². The molecule has 8 heteroatoms. The molecule has 7 nitrogen and oxygen atoms in total. The summed E-state index contributed by atoms with van der Waals surface area (Å²) in [6.07, 6.45) is 2.52. The lowest BCUT2D eigenvalue weighted by molar-refractivity contribution is 0.0875. The van der Waals surface area contributed by atoms with Crippen LogP contribution in [-0.4, -0.2) is 42.3 Å². The molecule has 1 aromatic carbocycles. The summed E-state index contributed by atoms with van der Waals surface area (Å²) in [6, 6.07) is 4.89. The third kappa shape index (κ3) is 3.85. The molecule has 1 aromatic heterocycles. The fraction of sp³-hybridized carbons (Fsp3) is 0.529. The maximum atomic E-state index is 12.7. The van der Waals surface area contributed by atoms with Gasteiger partial charge in [0, 0.05) is 24.6 Å². The number of unbranched alkanes of at least 4 members (excludes halogenated alkanes) is 1. The van der Waals surface area contributed by atoms with Crippen LogP contribution in [0, 0.1) is 5.92 Å². The number of Topliss-reactive ketones (excluding diaryl/α,β-unsaturated/α-hetero) is 1. The summed E-state index contributed by atoms with van der Waals surface area (Å²) >= 11 is 0. The van der Waals surface area contributed by atoms with Crippen LogP contribution in [0.25, 0.3) is 11.1 Å². The summed E-state index contributed by atoms with van der Waals surface area (Å²) in [4.78, 5) is 26.4. The molecule has 0 aliphatic carbocycles. The van der Waals surface area contributed by atoms with Gasteiger partial charge in [0.25, 0.3) is 0 Å². The molecule has 1 aliphatic rings. The molecule has 1 aliphatic heterocycles. The molecule has 0 amide bonds. The van der Waals surface area contributed by atoms with Gasteiger partial charge in [-0.25, -0.2) is 17.5 Å². The van der Waals surface area contributed by atoms with Gasteiger partial charge in [-0.05, 0) is 37.5 Å². The highest BCUT2D eigenvalue weighted by Gasteiger charge is 2.31. The Balaban J connectivity index is 1.67. The van der Waals surface area contributed by atoms with Crippen molar-refractivity contribution in [2.75, 3.05) is 18.8 Å². The number of H-pyrrole nitrogens is 1. The van der Waals surface area contributed by atoms with E-state index in [0.29, 0.717) is 49.0 Å². The normalized spacial score (nSPS) is 17.2. The number of fused-ring (bicyclic) bond motifs is 1. The van der Waals surface area contributed by atoms with Crippen molar-refractivity contribution in [1.82, 2.24) is 9.29 Å². The second kappa shape index (κ2) is 7.13. The molecule has 0 radical (unpaired) electrons. The lowest BCUT2D eigenvalue weighted by atomic mass is 9.89. The van der Waals surface area contributed by atoms with E-state index >= 15 is 0 Å². The van der Waals surface area contributed by atoms with Crippen molar-refractivity contribution in [3.8, 4) is 0 Å². The molecule has 0 spiro atoms. The van der Waals surface area contributed by atoms with E-state index in [1.807, 2.05) is 6.92 Å². The SMILES string of the molecule is CCCCS(=O)(=O)N1CCC(C(=O)c2ccc3[nH]c(=O)oc3c2)CC1. The summed E-state index contributed by atoms with van der Waals surface area (Å²) < 4.78 is 31.0. The van der Waals surface area contributed by atoms with Crippen LogP contribution >= 0.6 is 0 Å². The second-order valence-electron chi connectivity index (χ2n) is 6.43. The van der Waals surface area contributed by atoms with Gasteiger partial charge < -0.3 is 4.42 Å². The molecular weight excluding hydrogens is 344 g/mol. The zero-order chi connectivity index (χ0) is 18.0. The Morgan fingerprint density at radius 3 is 2.72 bits per heavy atom. The average molecular weight is 366 g/mol. The molecule has 2 heterocycles. The standard InChI is InChI=1S/C17H22N2O5S/c1-2-3-10-25(22,23)19-8-6-12(7-9-19)16(20)13-4-5-14-15(11-13)24-17(21)18-14/h4-5,11-12H,2-3,6-10H2,1H3,(H,18,21). The summed E-state index contributed by atoms with van der Waals surface area (Å²) in [5, 5.41) is 0. The smallest absolute Gasteiger partial charge is 0.408 e. The Labute approximate surface area is 146 Å². The maximum Gasteiger partial charge on any atom is 0.417 e. The number of piperidine rings is 1. The first-order valence-corrected chi connectivity index (χ1v) is 10.2. The van der Waals surface area contributed by atoms with Gasteiger partial charge in [-0.1, -0.05) is 13.3 Å². The quantitative estimate of drug-likeness (QED) is 0.790. The molecule has 1 N–H and O–H groups in total. The predicted octanol–water partition coefficient (Wildman–Crippen LogP) is 2.15. The Hall–Kier alpha value is -1.93. The Morgan fingerprint density at radius 2 is 2.04 bits per heavy atom. The lowest BCUT2D eigenvalue weighted by Gasteiger charge is -2.30. The fourth-order valence-corrected chi connectivity index (χ4v) is 4.87. The van der Waals surface area contributed by atoms with Crippen molar-refractivity contribution in [3.05, 3.63) is 34.3 Å². The molecular formula is C17H22N2O5S. The van der Waals surface area contributed by atoms with Gasteiger partial charge in [-0.3, -0.25) is 9.78 Å². The molecule has 136 valence electrons. The van der Waals surface area contributed by atoms with Gasteiger partial charge in [0.2, 0.25) is 10.0 Å². The number of sulfonamides is 1. The highest BCUT2D eigenvalue weighted by molar-refractivity contribution is 7.89. The molecule has 0 atom stereocenters. The Kier molecular flexibility index (Phi) is 5.10. The van der Waals surface area contributed by atoms with Crippen molar-refractivity contribution >= 4 is 26.9 Å². The number of nitrogens with one attached hydrogen (secondary N) is 1. The third-order valence-electron chi connectivity index (χ3n) is 4.68. The van der Waals surface area contributed by atoms with E-state index in [1.165, 1.54) is 4.31 Å². The van der Waals surface area contributed by atoms with Gasteiger partial charge in [-0.2, -0.15) is 0 Å². The summed E-state index contributed by atoms with van der Waals surface area (Å²) in [6.45, 7) is 2.72. The van der Waals surface area contributed by atoms with Crippen LogP contribution < -0.4 is 5.76 Å². The second-order valence-corrected chi connectivity index (χ2v) is 8.52. The maximum absolute atomic E-state index is 12.7. The summed E-state index contributed by atoms with van der Waals surface area (Å²) in [5.41, 5.74) is 1.40. The van der Waals surface area contributed by atoms with Crippen molar-refractivity contribution in [2.24, 2.45) is 5.92 Å². The van der Waals surface area contributed by atoms with E-state index in [4.69, 9.17) is 4.42 Å². The minimum absolute atomic E-state index is 0.0312. The molecule has 3 rings (SSSR count). The van der Waals surface area contributed by atoms with Crippen LogP contribution in [-0.2, 0) is 10.0 Å². The van der Waals surface area contributed by atoms with Crippen LogP contribution in [0.3, 0.4) is 0 Å². The summed E-state index contributed by atoms with van der Waals surface area (Å²) in [5.74, 6) is -0.618. The number of nitrogens with zero attached hydrogens (tertiary/aromatic N) is 1. The molecule has 1 fully saturated rings. The largest absolute Gasteiger partial charge is 0.417 e. The number of benzene rings is 1. The van der Waals surface area contributed by atoms with E-state index in [1.54, 1.807) is 18.2 Å². The lowest BCUT2D eigenvalue weighted by Crippen LogP contribution is -2.41. The van der Waals surface area contributed by atoms with Crippen molar-refractivity contribution in [1.29, 1.82) is 0 Å². The van der Waals surface area contributed by atoms with Gasteiger partial charge in [-0.15, -0.1) is 0 Å². The molecule has 0 saturated carbocycles. The highest BCUT2D eigenvalue weighted by atomic mass is 32.2. The number of carbonyl (C=O) groups is 1. The van der Waals surface area contributed by atoms with Gasteiger partial charge in [0.1, 0.15) is 0 Å². The number of rotatable bonds is 6. The first kappa shape index (κ1) is 17.9. The van der Waals surface area contributed by atoms with Crippen LogP contribution in [0.15, 0.2) is 27.4 Å². The van der Waals surface area contributed by atoms with Crippen molar-refractivity contribution < 1.29 is 17.6 Å². The molecule has 0 unspecified atom stereocenters. The van der Waals surface area contributed by atoms with E-state index in [-0.39, 0.29) is 17.5 Å². The molecule has 25 heavy (non-hydrogen) atoms. The fourth-order valence-electron chi connectivity index (χ4n) is 3.19. The van der Waals surface area contributed by atoms with Gasteiger partial charge in [0.15, 0.2) is 11.4 Å². The first-order valence-electron chi connectivity index (χ1n) is 8.55. The van der Waals surface area contributed by atoms with Crippen LogP contribution in [0.2, 0.25) is 0 Å². The Morgan fingerprint density at radius 1 is 1.32 bits per heavy atom. The molecule has 0 bridgehead atoms. The van der Waals surface area contributed by atoms with E-state index in [9.17, 15) is 18.0 Å². The summed E-state index contributed by atoms with van der Waals surface area (Å²) in [7, 11) is -3.22. The van der Waals surface area contributed by atoms with E-state index < -0.39 is 15.8 Å². The van der Waals surface area contributed by atoms with Crippen molar-refractivity contribution in [3.63, 3.8) is 0 Å². The van der Waals surface area contributed by atoms with Crippen LogP contribution in [0.5, 0.6) is 0 Å². The average Bonchev–Trinajstić information content (AvgIpc) is 2.98. The number of ketones is 1. The number of hydrogen-bond donors (Lipinski definition) is 1. The van der Waals surface area contributed by atoms with Gasteiger partial charge >= 0.3 is 5.76 Å². The number of aromatic nitrogens is 1. The van der Waals surface area contributed by atoms with E-state index in [2.05, 4.69) is 4.98 Å². The highest BCUT2D eigenvalue weighted by Crippen LogP contribution is 2.25. The molecule has 1 saturated heterocycles. The number of carbonyl (C=O) groups excluding carboxylic acids is 1. The third-order valence-corrected chi connectivity index (χ3v) is 6.64. The molecule has 2 aromatic rings. The monoisotopic (exact) mass is 366 g/mol. The van der Waals surface area contributed by atoms with Crippen molar-refractivity contribution in [2.45, 2.75) is 32.6 Å². The number of aromatic amines is 1. The topological polar surface area (TPSA) is 100 Å². The van der Waals surface area contributed by atoms with Gasteiger partial charge in [0.05, 0.1) is 11.3 Å². The zero-order valence-corrected chi connectivity index (χ0v) is 15.0. The first-order chi connectivity index (χ1) is 11.9. The number of oxazole rings is 1.